The van der Waals surface area contributed by atoms with E-state index in [-0.39, 0.29) is 29.7 Å². The van der Waals surface area contributed by atoms with E-state index < -0.39 is 0 Å². The van der Waals surface area contributed by atoms with Crippen LogP contribution in [0.3, 0.4) is 0 Å². The van der Waals surface area contributed by atoms with Gasteiger partial charge in [-0.25, -0.2) is 4.98 Å². The zero-order valence-electron chi connectivity index (χ0n) is 30.6. The van der Waals surface area contributed by atoms with Gasteiger partial charge in [0.05, 0.1) is 22.8 Å². The molecule has 3 aromatic carbocycles. The SMILES string of the molecule is C[C@@H]1CNc2c(sc3ccc4nc(-c5cccc(N6CCN(CCN7CCN(c8ccc(C9CCC(=O)NC9=O)cc8)CC7)CC6)c5)ccc4c23)C(=O)N1. The van der Waals surface area contributed by atoms with E-state index in [4.69, 9.17) is 4.98 Å². The smallest absolute Gasteiger partial charge is 0.263 e. The van der Waals surface area contributed by atoms with E-state index in [1.165, 1.54) is 22.7 Å². The molecular formula is C42H46N8O3S. The Bertz CT molecular complexity index is 2220. The van der Waals surface area contributed by atoms with Crippen LogP contribution in [0.5, 0.6) is 0 Å². The number of carbonyl (C=O) groups is 3. The third kappa shape index (κ3) is 6.89. The summed E-state index contributed by atoms with van der Waals surface area (Å²) in [7, 11) is 0. The molecule has 0 saturated carbocycles. The summed E-state index contributed by atoms with van der Waals surface area (Å²) in [5.41, 5.74) is 7.33. The number of hydrogen-bond donors (Lipinski definition) is 3. The number of pyridine rings is 1. The Kier molecular flexibility index (Phi) is 9.42. The molecule has 0 aliphatic carbocycles. The number of carbonyl (C=O) groups excluding carboxylic acids is 3. The molecule has 3 N–H and O–H groups in total. The lowest BCUT2D eigenvalue weighted by Gasteiger charge is -2.39. The molecule has 278 valence electrons. The van der Waals surface area contributed by atoms with Gasteiger partial charge in [0.15, 0.2) is 0 Å². The quantitative estimate of drug-likeness (QED) is 0.196. The maximum Gasteiger partial charge on any atom is 0.263 e. The lowest BCUT2D eigenvalue weighted by molar-refractivity contribution is -0.134. The number of piperidine rings is 1. The molecule has 4 aliphatic rings. The lowest BCUT2D eigenvalue weighted by atomic mass is 9.90. The molecule has 54 heavy (non-hydrogen) atoms. The normalized spacial score (nSPS) is 21.5. The summed E-state index contributed by atoms with van der Waals surface area (Å²) in [5, 5.41) is 11.2. The fourth-order valence-electron chi connectivity index (χ4n) is 8.42. The van der Waals surface area contributed by atoms with Crippen LogP contribution in [0.15, 0.2) is 72.8 Å². The van der Waals surface area contributed by atoms with Gasteiger partial charge in [0.2, 0.25) is 11.8 Å². The van der Waals surface area contributed by atoms with E-state index in [1.807, 2.05) is 19.1 Å². The Labute approximate surface area is 319 Å². The number of rotatable bonds is 7. The van der Waals surface area contributed by atoms with Crippen LogP contribution in [0.4, 0.5) is 17.1 Å². The molecule has 2 atom stereocenters. The second-order valence-electron chi connectivity index (χ2n) is 15.1. The standard InChI is InChI=1S/C42H46N8O3S/c1-27-26-43-39-38-33-9-11-34(45-35(33)12-13-36(38)54-40(39)42(53)44-27)29-3-2-4-31(25-29)50-23-19-48(20-24-50)16-15-47-17-21-49(22-18-47)30-7-5-28(6-8-30)32-10-14-37(51)46-41(32)52/h2-9,11-13,25,27,32,43H,10,14-24,26H2,1H3,(H,44,53)(H,46,51,52)/t27-,32?/m1/s1. The second kappa shape index (κ2) is 14.7. The molecule has 5 aromatic rings. The van der Waals surface area contributed by atoms with Crippen LogP contribution in [0.2, 0.25) is 0 Å². The first-order valence-electron chi connectivity index (χ1n) is 19.3. The number of aromatic nitrogens is 1. The molecule has 1 unspecified atom stereocenters. The molecule has 3 amide bonds. The number of amides is 3. The molecule has 3 saturated heterocycles. The number of benzene rings is 3. The van der Waals surface area contributed by atoms with E-state index in [0.29, 0.717) is 19.4 Å². The predicted octanol–water partition coefficient (Wildman–Crippen LogP) is 5.12. The van der Waals surface area contributed by atoms with Gasteiger partial charge in [0, 0.05) is 117 Å². The largest absolute Gasteiger partial charge is 0.381 e. The summed E-state index contributed by atoms with van der Waals surface area (Å²) in [4.78, 5) is 52.6. The van der Waals surface area contributed by atoms with Crippen molar-refractivity contribution in [2.45, 2.75) is 31.7 Å². The molecule has 0 spiro atoms. The van der Waals surface area contributed by atoms with Gasteiger partial charge in [-0.15, -0.1) is 11.3 Å². The van der Waals surface area contributed by atoms with Crippen LogP contribution >= 0.6 is 11.3 Å². The van der Waals surface area contributed by atoms with Gasteiger partial charge in [0.25, 0.3) is 5.91 Å². The predicted molar refractivity (Wildman–Crippen MR) is 217 cm³/mol. The monoisotopic (exact) mass is 742 g/mol. The number of anilines is 3. The summed E-state index contributed by atoms with van der Waals surface area (Å²) >= 11 is 1.54. The Balaban J connectivity index is 0.776. The third-order valence-corrected chi connectivity index (χ3v) is 12.7. The lowest BCUT2D eigenvalue weighted by Crippen LogP contribution is -2.51. The molecule has 6 heterocycles. The van der Waals surface area contributed by atoms with Crippen molar-refractivity contribution in [1.29, 1.82) is 0 Å². The zero-order chi connectivity index (χ0) is 36.8. The van der Waals surface area contributed by atoms with Crippen molar-refractivity contribution in [3.8, 4) is 11.3 Å². The van der Waals surface area contributed by atoms with Crippen LogP contribution < -0.4 is 25.8 Å². The number of imide groups is 1. The highest BCUT2D eigenvalue weighted by Gasteiger charge is 2.29. The van der Waals surface area contributed by atoms with Gasteiger partial charge in [-0.3, -0.25) is 29.5 Å². The fourth-order valence-corrected chi connectivity index (χ4v) is 9.52. The van der Waals surface area contributed by atoms with Gasteiger partial charge in [-0.05, 0) is 67.4 Å². The average Bonchev–Trinajstić information content (AvgIpc) is 3.52. The highest BCUT2D eigenvalue weighted by atomic mass is 32.1. The van der Waals surface area contributed by atoms with Gasteiger partial charge in [-0.2, -0.15) is 0 Å². The molecule has 11 nitrogen and oxygen atoms in total. The van der Waals surface area contributed by atoms with Gasteiger partial charge >= 0.3 is 0 Å². The highest BCUT2D eigenvalue weighted by molar-refractivity contribution is 7.21. The first kappa shape index (κ1) is 34.7. The third-order valence-electron chi connectivity index (χ3n) is 11.6. The summed E-state index contributed by atoms with van der Waals surface area (Å²) in [6, 6.07) is 25.6. The van der Waals surface area contributed by atoms with E-state index in [9.17, 15) is 14.4 Å². The minimum absolute atomic E-state index is 0.0108. The minimum Gasteiger partial charge on any atom is -0.381 e. The first-order valence-corrected chi connectivity index (χ1v) is 20.1. The molecule has 2 aromatic heterocycles. The van der Waals surface area contributed by atoms with Crippen LogP contribution in [0.25, 0.3) is 32.2 Å². The van der Waals surface area contributed by atoms with Crippen LogP contribution in [0.1, 0.15) is 40.9 Å². The second-order valence-corrected chi connectivity index (χ2v) is 16.1. The molecule has 4 aliphatic heterocycles. The van der Waals surface area contributed by atoms with Crippen molar-refractivity contribution < 1.29 is 14.4 Å². The summed E-state index contributed by atoms with van der Waals surface area (Å²) < 4.78 is 1.09. The van der Waals surface area contributed by atoms with Crippen molar-refractivity contribution >= 4 is 67.1 Å². The number of piperazine rings is 2. The van der Waals surface area contributed by atoms with E-state index >= 15 is 0 Å². The van der Waals surface area contributed by atoms with Crippen LogP contribution in [-0.4, -0.2) is 111 Å². The maximum atomic E-state index is 12.9. The van der Waals surface area contributed by atoms with E-state index in [0.717, 1.165) is 114 Å². The van der Waals surface area contributed by atoms with Gasteiger partial charge < -0.3 is 20.4 Å². The van der Waals surface area contributed by atoms with Crippen LogP contribution in [-0.2, 0) is 9.59 Å². The molecular weight excluding hydrogens is 697 g/mol. The molecule has 9 rings (SSSR count). The summed E-state index contributed by atoms with van der Waals surface area (Å²) in [6.07, 6.45) is 0.983. The summed E-state index contributed by atoms with van der Waals surface area (Å²) in [5.74, 6) is -0.603. The van der Waals surface area contributed by atoms with Crippen molar-refractivity contribution in [2.24, 2.45) is 0 Å². The number of hydrogen-bond acceptors (Lipinski definition) is 10. The van der Waals surface area contributed by atoms with Gasteiger partial charge in [-0.1, -0.05) is 24.3 Å². The molecule has 12 heteroatoms. The molecule has 3 fully saturated rings. The Morgan fingerprint density at radius 2 is 1.52 bits per heavy atom. The Hall–Kier alpha value is -5.04. The summed E-state index contributed by atoms with van der Waals surface area (Å²) in [6.45, 7) is 13.0. The van der Waals surface area contributed by atoms with E-state index in [2.05, 4.69) is 96.2 Å². The average molecular weight is 743 g/mol. The van der Waals surface area contributed by atoms with Crippen molar-refractivity contribution in [1.82, 2.24) is 25.4 Å². The first-order chi connectivity index (χ1) is 26.4. The minimum atomic E-state index is -0.237. The number of nitrogens with zero attached hydrogens (tertiary/aromatic N) is 5. The van der Waals surface area contributed by atoms with Crippen LogP contribution in [0, 0.1) is 0 Å². The zero-order valence-corrected chi connectivity index (χ0v) is 31.5. The Morgan fingerprint density at radius 3 is 2.24 bits per heavy atom. The number of thiophene rings is 1. The van der Waals surface area contributed by atoms with Crippen molar-refractivity contribution in [3.05, 3.63) is 83.2 Å². The topological polar surface area (TPSA) is 113 Å². The fraction of sp³-hybridized carbons (Fsp3) is 0.381. The number of fused-ring (bicyclic) bond motifs is 5. The Morgan fingerprint density at radius 1 is 0.796 bits per heavy atom. The molecule has 0 bridgehead atoms. The maximum absolute atomic E-state index is 12.9. The van der Waals surface area contributed by atoms with Gasteiger partial charge in [0.1, 0.15) is 4.88 Å². The number of nitrogens with one attached hydrogen (secondary N) is 3. The van der Waals surface area contributed by atoms with Crippen molar-refractivity contribution in [2.75, 3.05) is 87.1 Å². The highest BCUT2D eigenvalue weighted by Crippen LogP contribution is 2.41. The van der Waals surface area contributed by atoms with E-state index in [1.54, 1.807) is 0 Å². The molecule has 0 radical (unpaired) electrons. The van der Waals surface area contributed by atoms with Crippen molar-refractivity contribution in [3.63, 3.8) is 0 Å².